The largest absolute Gasteiger partial charge is 0.370 e. The number of aromatic nitrogens is 3. The molecule has 1 aliphatic rings. The van der Waals surface area contributed by atoms with Gasteiger partial charge >= 0.3 is 0 Å². The van der Waals surface area contributed by atoms with Crippen LogP contribution in [0.5, 0.6) is 0 Å². The number of H-pyrrole nitrogens is 1. The molecule has 0 unspecified atom stereocenters. The Labute approximate surface area is 157 Å². The second kappa shape index (κ2) is 7.95. The maximum atomic E-state index is 6.14. The Balaban J connectivity index is 0.00000192. The van der Waals surface area contributed by atoms with Gasteiger partial charge in [-0.3, -0.25) is 5.10 Å². The summed E-state index contributed by atoms with van der Waals surface area (Å²) in [6, 6.07) is 0. The topological polar surface area (TPSA) is 86.4 Å². The fourth-order valence-electron chi connectivity index (χ4n) is 2.57. The molecule has 3 rings (SSSR count). The molecule has 0 bridgehead atoms. The highest BCUT2D eigenvalue weighted by Crippen LogP contribution is 2.19. The highest BCUT2D eigenvalue weighted by atomic mass is 127. The van der Waals surface area contributed by atoms with Gasteiger partial charge in [0.1, 0.15) is 0 Å². The lowest BCUT2D eigenvalue weighted by atomic mass is 10.2. The first-order valence-corrected chi connectivity index (χ1v) is 8.23. The molecule has 0 radical (unpaired) electrons. The number of aliphatic imine (C=N–C) groups is 1. The molecule has 126 valence electrons. The lowest BCUT2D eigenvalue weighted by Crippen LogP contribution is -2.51. The number of nitrogens with zero attached hydrogens (tertiary/aromatic N) is 5. The SMILES string of the molecule is Cc1n[nH]c(C)c1CN=C(N)N1CCN(c2nccs2)CC1.I. The number of halogens is 1. The zero-order chi connectivity index (χ0) is 15.5. The third kappa shape index (κ3) is 4.14. The Bertz CT molecular complexity index is 625. The van der Waals surface area contributed by atoms with Gasteiger partial charge in [0.05, 0.1) is 12.2 Å². The molecule has 3 heterocycles. The van der Waals surface area contributed by atoms with Crippen LogP contribution in [0.1, 0.15) is 17.0 Å². The number of guanidine groups is 1. The average Bonchev–Trinajstić information content (AvgIpc) is 3.17. The molecule has 1 aliphatic heterocycles. The number of thiazole rings is 1. The van der Waals surface area contributed by atoms with Gasteiger partial charge in [0.25, 0.3) is 0 Å². The minimum atomic E-state index is 0. The van der Waals surface area contributed by atoms with Crippen LogP contribution in [-0.2, 0) is 6.54 Å². The van der Waals surface area contributed by atoms with Gasteiger partial charge in [-0.05, 0) is 13.8 Å². The van der Waals surface area contributed by atoms with Crippen molar-refractivity contribution in [3.05, 3.63) is 28.5 Å². The number of aryl methyl sites for hydroxylation is 2. The lowest BCUT2D eigenvalue weighted by Gasteiger charge is -2.35. The van der Waals surface area contributed by atoms with Crippen LogP contribution in [0, 0.1) is 13.8 Å². The molecule has 23 heavy (non-hydrogen) atoms. The van der Waals surface area contributed by atoms with E-state index in [-0.39, 0.29) is 24.0 Å². The molecule has 0 saturated carbocycles. The van der Waals surface area contributed by atoms with E-state index in [1.54, 1.807) is 11.3 Å². The van der Waals surface area contributed by atoms with E-state index < -0.39 is 0 Å². The molecule has 1 fully saturated rings. The van der Waals surface area contributed by atoms with Crippen molar-refractivity contribution in [3.8, 4) is 0 Å². The number of nitrogens with two attached hydrogens (primary N) is 1. The number of anilines is 1. The molecular formula is C14H22IN7S. The van der Waals surface area contributed by atoms with E-state index in [4.69, 9.17) is 5.73 Å². The summed E-state index contributed by atoms with van der Waals surface area (Å²) in [6.07, 6.45) is 1.85. The van der Waals surface area contributed by atoms with Gasteiger partial charge in [0.15, 0.2) is 11.1 Å². The molecule has 2 aromatic heterocycles. The van der Waals surface area contributed by atoms with E-state index in [0.717, 1.165) is 48.3 Å². The van der Waals surface area contributed by atoms with E-state index in [2.05, 4.69) is 30.0 Å². The number of rotatable bonds is 3. The summed E-state index contributed by atoms with van der Waals surface area (Å²) in [5.74, 6) is 0.610. The fraction of sp³-hybridized carbons (Fsp3) is 0.500. The Morgan fingerprint density at radius 1 is 1.35 bits per heavy atom. The first-order chi connectivity index (χ1) is 10.6. The Morgan fingerprint density at radius 3 is 2.65 bits per heavy atom. The molecule has 3 N–H and O–H groups in total. The quantitative estimate of drug-likeness (QED) is 0.425. The van der Waals surface area contributed by atoms with Crippen molar-refractivity contribution >= 4 is 46.4 Å². The second-order valence-electron chi connectivity index (χ2n) is 5.38. The Morgan fingerprint density at radius 2 is 2.09 bits per heavy atom. The van der Waals surface area contributed by atoms with Crippen LogP contribution < -0.4 is 10.6 Å². The average molecular weight is 447 g/mol. The molecule has 9 heteroatoms. The van der Waals surface area contributed by atoms with E-state index in [9.17, 15) is 0 Å². The minimum Gasteiger partial charge on any atom is -0.370 e. The minimum absolute atomic E-state index is 0. The Kier molecular flexibility index (Phi) is 6.22. The van der Waals surface area contributed by atoms with Gasteiger partial charge in [-0.15, -0.1) is 35.3 Å². The number of piperazine rings is 1. The molecule has 0 spiro atoms. The van der Waals surface area contributed by atoms with Crippen molar-refractivity contribution in [1.82, 2.24) is 20.1 Å². The highest BCUT2D eigenvalue weighted by molar-refractivity contribution is 14.0. The predicted molar refractivity (Wildman–Crippen MR) is 105 cm³/mol. The Hall–Kier alpha value is -1.36. The lowest BCUT2D eigenvalue weighted by molar-refractivity contribution is 0.380. The van der Waals surface area contributed by atoms with Crippen LogP contribution >= 0.6 is 35.3 Å². The number of aromatic amines is 1. The monoisotopic (exact) mass is 447 g/mol. The summed E-state index contributed by atoms with van der Waals surface area (Å²) in [5, 5.41) is 10.2. The molecule has 0 aliphatic carbocycles. The van der Waals surface area contributed by atoms with Crippen molar-refractivity contribution < 1.29 is 0 Å². The van der Waals surface area contributed by atoms with Crippen LogP contribution in [0.25, 0.3) is 0 Å². The summed E-state index contributed by atoms with van der Waals surface area (Å²) < 4.78 is 0. The third-order valence-corrected chi connectivity index (χ3v) is 4.81. The summed E-state index contributed by atoms with van der Waals surface area (Å²) >= 11 is 1.68. The number of hydrogen-bond donors (Lipinski definition) is 2. The zero-order valence-electron chi connectivity index (χ0n) is 13.3. The van der Waals surface area contributed by atoms with Gasteiger partial charge in [-0.2, -0.15) is 5.10 Å². The van der Waals surface area contributed by atoms with Crippen LogP contribution in [0.2, 0.25) is 0 Å². The van der Waals surface area contributed by atoms with E-state index in [1.807, 2.05) is 25.4 Å². The first-order valence-electron chi connectivity index (χ1n) is 7.35. The standard InChI is InChI=1S/C14H21N7S.HI/c1-10-12(11(2)19-18-10)9-17-13(15)20-4-6-21(7-5-20)14-16-3-8-22-14;/h3,8H,4-7,9H2,1-2H3,(H2,15,17)(H,18,19);1H. The molecular weight excluding hydrogens is 425 g/mol. The van der Waals surface area contributed by atoms with Gasteiger partial charge in [-0.1, -0.05) is 0 Å². The van der Waals surface area contributed by atoms with E-state index >= 15 is 0 Å². The number of hydrogen-bond acceptors (Lipinski definition) is 5. The van der Waals surface area contributed by atoms with Crippen molar-refractivity contribution in [1.29, 1.82) is 0 Å². The molecule has 0 amide bonds. The van der Waals surface area contributed by atoms with E-state index in [1.165, 1.54) is 0 Å². The van der Waals surface area contributed by atoms with E-state index in [0.29, 0.717) is 12.5 Å². The summed E-state index contributed by atoms with van der Waals surface area (Å²) in [4.78, 5) is 13.3. The summed E-state index contributed by atoms with van der Waals surface area (Å²) in [5.41, 5.74) is 9.32. The van der Waals surface area contributed by atoms with Crippen molar-refractivity contribution in [2.75, 3.05) is 31.1 Å². The molecule has 7 nitrogen and oxygen atoms in total. The zero-order valence-corrected chi connectivity index (χ0v) is 16.5. The third-order valence-electron chi connectivity index (χ3n) is 3.97. The van der Waals surface area contributed by atoms with Crippen LogP contribution in [0.4, 0.5) is 5.13 Å². The van der Waals surface area contributed by atoms with Gasteiger partial charge in [-0.25, -0.2) is 9.98 Å². The number of nitrogens with one attached hydrogen (secondary N) is 1. The van der Waals surface area contributed by atoms with Gasteiger partial charge < -0.3 is 15.5 Å². The molecule has 0 aromatic carbocycles. The van der Waals surface area contributed by atoms with Crippen molar-refractivity contribution in [2.24, 2.45) is 10.7 Å². The fourth-order valence-corrected chi connectivity index (χ4v) is 3.26. The van der Waals surface area contributed by atoms with Gasteiger partial charge in [0, 0.05) is 49.0 Å². The highest BCUT2D eigenvalue weighted by Gasteiger charge is 2.19. The molecule has 0 atom stereocenters. The maximum absolute atomic E-state index is 6.14. The summed E-state index contributed by atoms with van der Waals surface area (Å²) in [7, 11) is 0. The van der Waals surface area contributed by atoms with Crippen LogP contribution in [-0.4, -0.2) is 52.2 Å². The predicted octanol–water partition coefficient (Wildman–Crippen LogP) is 1.74. The first kappa shape index (κ1) is 18.0. The van der Waals surface area contributed by atoms with Gasteiger partial charge in [0.2, 0.25) is 0 Å². The van der Waals surface area contributed by atoms with Crippen LogP contribution in [0.3, 0.4) is 0 Å². The smallest absolute Gasteiger partial charge is 0.191 e. The molecule has 2 aromatic rings. The summed E-state index contributed by atoms with van der Waals surface area (Å²) in [6.45, 7) is 8.16. The maximum Gasteiger partial charge on any atom is 0.191 e. The van der Waals surface area contributed by atoms with Crippen LogP contribution in [0.15, 0.2) is 16.6 Å². The van der Waals surface area contributed by atoms with Crippen molar-refractivity contribution in [2.45, 2.75) is 20.4 Å². The normalized spacial score (nSPS) is 15.7. The second-order valence-corrected chi connectivity index (χ2v) is 6.25. The molecule has 1 saturated heterocycles. The van der Waals surface area contributed by atoms with Crippen molar-refractivity contribution in [3.63, 3.8) is 0 Å².